The van der Waals surface area contributed by atoms with E-state index in [0.29, 0.717) is 11.3 Å². The molecule has 0 radical (unpaired) electrons. The van der Waals surface area contributed by atoms with Crippen molar-refractivity contribution in [2.45, 2.75) is 11.8 Å². The fourth-order valence-electron chi connectivity index (χ4n) is 1.52. The number of aryl methyl sites for hydroxylation is 1. The zero-order valence-corrected chi connectivity index (χ0v) is 10.8. The summed E-state index contributed by atoms with van der Waals surface area (Å²) in [5.74, 6) is -1.06. The molecule has 1 aromatic carbocycles. The van der Waals surface area contributed by atoms with Crippen molar-refractivity contribution in [1.29, 1.82) is 0 Å². The summed E-state index contributed by atoms with van der Waals surface area (Å²) in [5, 5.41) is 8.83. The number of furan rings is 1. The number of anilines is 1. The molecule has 19 heavy (non-hydrogen) atoms. The average molecular weight is 281 g/mol. The standard InChI is InChI=1S/C12H11NO5S/c1-8-6-9(12(14)15)2-3-11(8)13-19(16,17)10-4-5-18-7-10/h2-7,13H,1H3,(H,14,15). The summed E-state index contributed by atoms with van der Waals surface area (Å²) in [6.45, 7) is 1.62. The van der Waals surface area contributed by atoms with Gasteiger partial charge in [-0.2, -0.15) is 0 Å². The van der Waals surface area contributed by atoms with Crippen molar-refractivity contribution in [3.63, 3.8) is 0 Å². The normalized spacial score (nSPS) is 11.2. The van der Waals surface area contributed by atoms with E-state index in [0.717, 1.165) is 6.26 Å². The fraction of sp³-hybridized carbons (Fsp3) is 0.0833. The van der Waals surface area contributed by atoms with Gasteiger partial charge in [0.1, 0.15) is 11.2 Å². The predicted molar refractivity (Wildman–Crippen MR) is 67.7 cm³/mol. The van der Waals surface area contributed by atoms with Crippen LogP contribution in [-0.4, -0.2) is 19.5 Å². The molecule has 2 N–H and O–H groups in total. The van der Waals surface area contributed by atoms with E-state index in [1.54, 1.807) is 6.92 Å². The van der Waals surface area contributed by atoms with Gasteiger partial charge >= 0.3 is 5.97 Å². The van der Waals surface area contributed by atoms with Crippen molar-refractivity contribution < 1.29 is 22.7 Å². The molecule has 0 aliphatic carbocycles. The van der Waals surface area contributed by atoms with Gasteiger partial charge in [-0.3, -0.25) is 4.72 Å². The Balaban J connectivity index is 2.32. The number of carboxylic acid groups (broad SMARTS) is 1. The minimum absolute atomic E-state index is 0.00853. The molecule has 0 bridgehead atoms. The van der Waals surface area contributed by atoms with Gasteiger partial charge in [-0.1, -0.05) is 0 Å². The molecule has 0 amide bonds. The molecular weight excluding hydrogens is 270 g/mol. The third kappa shape index (κ3) is 2.76. The molecule has 0 unspecified atom stereocenters. The van der Waals surface area contributed by atoms with Gasteiger partial charge in [0.25, 0.3) is 10.0 Å². The lowest BCUT2D eigenvalue weighted by Crippen LogP contribution is -2.13. The van der Waals surface area contributed by atoms with Crippen LogP contribution < -0.4 is 4.72 Å². The summed E-state index contributed by atoms with van der Waals surface area (Å²) < 4.78 is 31.0. The highest BCUT2D eigenvalue weighted by Gasteiger charge is 2.17. The molecule has 0 fully saturated rings. The lowest BCUT2D eigenvalue weighted by atomic mass is 10.1. The van der Waals surface area contributed by atoms with E-state index in [4.69, 9.17) is 9.52 Å². The Kier molecular flexibility index (Phi) is 3.30. The second-order valence-electron chi connectivity index (χ2n) is 3.90. The van der Waals surface area contributed by atoms with Gasteiger partial charge in [-0.15, -0.1) is 0 Å². The van der Waals surface area contributed by atoms with Crippen molar-refractivity contribution in [3.05, 3.63) is 47.9 Å². The number of hydrogen-bond donors (Lipinski definition) is 2. The Morgan fingerprint density at radius 3 is 2.58 bits per heavy atom. The third-order valence-electron chi connectivity index (χ3n) is 2.52. The first-order chi connectivity index (χ1) is 8.90. The summed E-state index contributed by atoms with van der Waals surface area (Å²) in [5.41, 5.74) is 0.946. The fourth-order valence-corrected chi connectivity index (χ4v) is 2.57. The van der Waals surface area contributed by atoms with Gasteiger partial charge in [0.05, 0.1) is 17.5 Å². The Morgan fingerprint density at radius 2 is 2.05 bits per heavy atom. The van der Waals surface area contributed by atoms with Crippen LogP contribution >= 0.6 is 0 Å². The number of aromatic carboxylic acids is 1. The molecule has 0 saturated carbocycles. The summed E-state index contributed by atoms with van der Waals surface area (Å²) in [6.07, 6.45) is 2.37. The van der Waals surface area contributed by atoms with Crippen LogP contribution in [0.4, 0.5) is 5.69 Å². The lowest BCUT2D eigenvalue weighted by Gasteiger charge is -2.09. The molecular formula is C12H11NO5S. The van der Waals surface area contributed by atoms with Crippen LogP contribution in [-0.2, 0) is 10.0 Å². The zero-order chi connectivity index (χ0) is 14.0. The molecule has 0 aliphatic heterocycles. The first kappa shape index (κ1) is 13.2. The van der Waals surface area contributed by atoms with Gasteiger partial charge in [-0.25, -0.2) is 13.2 Å². The number of benzene rings is 1. The highest BCUT2D eigenvalue weighted by Crippen LogP contribution is 2.21. The summed E-state index contributed by atoms with van der Waals surface area (Å²) in [6, 6.07) is 5.47. The zero-order valence-electron chi connectivity index (χ0n) is 9.95. The maximum atomic E-state index is 11.9. The molecule has 6 nitrogen and oxygen atoms in total. The Morgan fingerprint density at radius 1 is 1.32 bits per heavy atom. The van der Waals surface area contributed by atoms with Crippen LogP contribution in [0.1, 0.15) is 15.9 Å². The second kappa shape index (κ2) is 4.77. The SMILES string of the molecule is Cc1cc(C(=O)O)ccc1NS(=O)(=O)c1ccoc1. The Labute approximate surface area is 109 Å². The quantitative estimate of drug-likeness (QED) is 0.894. The van der Waals surface area contributed by atoms with E-state index in [9.17, 15) is 13.2 Å². The van der Waals surface area contributed by atoms with Gasteiger partial charge in [-0.05, 0) is 36.8 Å². The average Bonchev–Trinajstić information content (AvgIpc) is 2.85. The van der Waals surface area contributed by atoms with E-state index in [2.05, 4.69) is 4.72 Å². The molecule has 0 aliphatic rings. The van der Waals surface area contributed by atoms with E-state index >= 15 is 0 Å². The number of carboxylic acids is 1. The summed E-state index contributed by atoms with van der Waals surface area (Å²) in [7, 11) is -3.72. The van der Waals surface area contributed by atoms with E-state index in [1.165, 1.54) is 30.5 Å². The molecule has 2 rings (SSSR count). The van der Waals surface area contributed by atoms with Crippen LogP contribution in [0.15, 0.2) is 46.1 Å². The monoisotopic (exact) mass is 281 g/mol. The first-order valence-corrected chi connectivity index (χ1v) is 6.77. The number of rotatable bonds is 4. The van der Waals surface area contributed by atoms with Crippen molar-refractivity contribution in [1.82, 2.24) is 0 Å². The molecule has 0 saturated heterocycles. The number of sulfonamides is 1. The van der Waals surface area contributed by atoms with Crippen LogP contribution in [0.3, 0.4) is 0 Å². The van der Waals surface area contributed by atoms with Gasteiger partial charge < -0.3 is 9.52 Å². The lowest BCUT2D eigenvalue weighted by molar-refractivity contribution is 0.0697. The van der Waals surface area contributed by atoms with Crippen LogP contribution in [0.5, 0.6) is 0 Å². The molecule has 2 aromatic rings. The largest absolute Gasteiger partial charge is 0.478 e. The molecule has 0 spiro atoms. The Bertz CT molecular complexity index is 704. The Hall–Kier alpha value is -2.28. The maximum Gasteiger partial charge on any atom is 0.335 e. The number of nitrogens with one attached hydrogen (secondary N) is 1. The molecule has 1 aromatic heterocycles. The first-order valence-electron chi connectivity index (χ1n) is 5.29. The topological polar surface area (TPSA) is 96.6 Å². The van der Waals surface area contributed by atoms with Crippen LogP contribution in [0.25, 0.3) is 0 Å². The minimum atomic E-state index is -3.72. The highest BCUT2D eigenvalue weighted by atomic mass is 32.2. The predicted octanol–water partition coefficient (Wildman–Crippen LogP) is 2.09. The van der Waals surface area contributed by atoms with Crippen molar-refractivity contribution in [2.24, 2.45) is 0 Å². The van der Waals surface area contributed by atoms with Crippen molar-refractivity contribution >= 4 is 21.7 Å². The van der Waals surface area contributed by atoms with Gasteiger partial charge in [0, 0.05) is 0 Å². The molecule has 1 heterocycles. The van der Waals surface area contributed by atoms with E-state index in [-0.39, 0.29) is 10.5 Å². The van der Waals surface area contributed by atoms with Gasteiger partial charge in [0.15, 0.2) is 0 Å². The maximum absolute atomic E-state index is 11.9. The van der Waals surface area contributed by atoms with Crippen LogP contribution in [0, 0.1) is 6.92 Å². The number of carbonyl (C=O) groups is 1. The minimum Gasteiger partial charge on any atom is -0.478 e. The van der Waals surface area contributed by atoms with Crippen molar-refractivity contribution in [2.75, 3.05) is 4.72 Å². The summed E-state index contributed by atoms with van der Waals surface area (Å²) >= 11 is 0. The molecule has 7 heteroatoms. The van der Waals surface area contributed by atoms with E-state index in [1.807, 2.05) is 0 Å². The summed E-state index contributed by atoms with van der Waals surface area (Å²) in [4.78, 5) is 10.8. The number of hydrogen-bond acceptors (Lipinski definition) is 4. The van der Waals surface area contributed by atoms with Crippen LogP contribution in [0.2, 0.25) is 0 Å². The molecule has 100 valence electrons. The van der Waals surface area contributed by atoms with Gasteiger partial charge in [0.2, 0.25) is 0 Å². The molecule has 0 atom stereocenters. The smallest absolute Gasteiger partial charge is 0.335 e. The van der Waals surface area contributed by atoms with E-state index < -0.39 is 16.0 Å². The highest BCUT2D eigenvalue weighted by molar-refractivity contribution is 7.92. The second-order valence-corrected chi connectivity index (χ2v) is 5.58. The van der Waals surface area contributed by atoms with Crippen molar-refractivity contribution in [3.8, 4) is 0 Å². The third-order valence-corrected chi connectivity index (χ3v) is 3.86.